The highest BCUT2D eigenvalue weighted by atomic mass is 19.3. The minimum atomic E-state index is -2.94. The van der Waals surface area contributed by atoms with Gasteiger partial charge in [-0.2, -0.15) is 0 Å². The summed E-state index contributed by atoms with van der Waals surface area (Å²) in [5, 5.41) is 9.11. The summed E-state index contributed by atoms with van der Waals surface area (Å²) in [4.78, 5) is 0. The molecular weight excluding hydrogens is 186 g/mol. The van der Waals surface area contributed by atoms with Crippen molar-refractivity contribution >= 4 is 0 Å². The average molecular weight is 200 g/mol. The van der Waals surface area contributed by atoms with Gasteiger partial charge in [-0.3, -0.25) is 0 Å². The van der Waals surface area contributed by atoms with E-state index in [1.807, 2.05) is 0 Å². The third kappa shape index (κ3) is 1.86. The second-order valence-corrected chi connectivity index (χ2v) is 4.37. The zero-order chi connectivity index (χ0) is 11.0. The molecule has 0 saturated carbocycles. The van der Waals surface area contributed by atoms with Crippen LogP contribution in [0.25, 0.3) is 0 Å². The summed E-state index contributed by atoms with van der Waals surface area (Å²) in [6.45, 7) is 4.41. The normalized spacial score (nSPS) is 12.9. The molecule has 14 heavy (non-hydrogen) atoms. The molecule has 1 rings (SSSR count). The van der Waals surface area contributed by atoms with E-state index in [2.05, 4.69) is 0 Å². The minimum absolute atomic E-state index is 0.133. The van der Waals surface area contributed by atoms with Crippen LogP contribution in [0.4, 0.5) is 8.78 Å². The summed E-state index contributed by atoms with van der Waals surface area (Å²) in [5.74, 6) is -3.07. The maximum absolute atomic E-state index is 13.7. The van der Waals surface area contributed by atoms with Crippen molar-refractivity contribution in [2.24, 2.45) is 5.41 Å². The Kier molecular flexibility index (Phi) is 2.52. The molecule has 0 heterocycles. The van der Waals surface area contributed by atoms with Crippen LogP contribution in [0.1, 0.15) is 26.3 Å². The van der Waals surface area contributed by atoms with Crippen molar-refractivity contribution in [1.29, 1.82) is 0 Å². The van der Waals surface area contributed by atoms with Crippen LogP contribution in [0, 0.1) is 5.41 Å². The Bertz CT molecular complexity index is 326. The molecule has 0 spiro atoms. The number of rotatable bonds is 1. The average Bonchev–Trinajstić information content (AvgIpc) is 2.02. The van der Waals surface area contributed by atoms with Gasteiger partial charge in [0, 0.05) is 11.0 Å². The Balaban J connectivity index is 3.16. The van der Waals surface area contributed by atoms with Crippen molar-refractivity contribution in [3.05, 3.63) is 29.8 Å². The van der Waals surface area contributed by atoms with E-state index < -0.39 is 11.3 Å². The molecule has 0 aliphatic rings. The van der Waals surface area contributed by atoms with Crippen molar-refractivity contribution in [1.82, 2.24) is 0 Å². The molecule has 0 atom stereocenters. The third-order valence-electron chi connectivity index (χ3n) is 2.15. The second-order valence-electron chi connectivity index (χ2n) is 4.37. The first kappa shape index (κ1) is 11.0. The van der Waals surface area contributed by atoms with Gasteiger partial charge in [0.25, 0.3) is 5.92 Å². The molecule has 0 unspecified atom stereocenters. The molecule has 0 amide bonds. The third-order valence-corrected chi connectivity index (χ3v) is 2.15. The van der Waals surface area contributed by atoms with E-state index in [9.17, 15) is 8.78 Å². The van der Waals surface area contributed by atoms with Crippen molar-refractivity contribution in [3.8, 4) is 5.75 Å². The quantitative estimate of drug-likeness (QED) is 0.735. The Morgan fingerprint density at radius 2 is 1.71 bits per heavy atom. The topological polar surface area (TPSA) is 20.2 Å². The van der Waals surface area contributed by atoms with Crippen molar-refractivity contribution < 1.29 is 13.9 Å². The fourth-order valence-corrected chi connectivity index (χ4v) is 1.13. The van der Waals surface area contributed by atoms with Crippen LogP contribution in [-0.2, 0) is 5.92 Å². The van der Waals surface area contributed by atoms with Gasteiger partial charge in [-0.15, -0.1) is 0 Å². The number of aromatic hydroxyl groups is 1. The molecule has 0 radical (unpaired) electrons. The number of phenols is 1. The van der Waals surface area contributed by atoms with Crippen LogP contribution in [0.3, 0.4) is 0 Å². The Hall–Kier alpha value is -1.12. The largest absolute Gasteiger partial charge is 0.508 e. The second kappa shape index (κ2) is 3.23. The molecule has 78 valence electrons. The van der Waals surface area contributed by atoms with Crippen LogP contribution in [0.5, 0.6) is 5.75 Å². The molecule has 0 bridgehead atoms. The standard InChI is InChI=1S/C11H14F2O/c1-10(2,3)11(12,13)8-5-4-6-9(14)7-8/h4-7,14H,1-3H3. The first-order valence-electron chi connectivity index (χ1n) is 4.42. The summed E-state index contributed by atoms with van der Waals surface area (Å²) in [5.41, 5.74) is -1.30. The van der Waals surface area contributed by atoms with Gasteiger partial charge in [0.1, 0.15) is 5.75 Å². The van der Waals surface area contributed by atoms with Crippen LogP contribution in [0.2, 0.25) is 0 Å². The fraction of sp³-hybridized carbons (Fsp3) is 0.455. The molecule has 3 heteroatoms. The summed E-state index contributed by atoms with van der Waals surface area (Å²) in [6.07, 6.45) is 0. The molecule has 0 aliphatic heterocycles. The molecule has 1 nitrogen and oxygen atoms in total. The highest BCUT2D eigenvalue weighted by Gasteiger charge is 2.44. The lowest BCUT2D eigenvalue weighted by Crippen LogP contribution is -2.31. The van der Waals surface area contributed by atoms with Gasteiger partial charge >= 0.3 is 0 Å². The van der Waals surface area contributed by atoms with Crippen molar-refractivity contribution in [2.45, 2.75) is 26.7 Å². The summed E-state index contributed by atoms with van der Waals surface area (Å²) < 4.78 is 27.5. The SMILES string of the molecule is CC(C)(C)C(F)(F)c1cccc(O)c1. The van der Waals surface area contributed by atoms with Crippen LogP contribution in [-0.4, -0.2) is 5.11 Å². The van der Waals surface area contributed by atoms with Crippen LogP contribution in [0.15, 0.2) is 24.3 Å². The first-order valence-corrected chi connectivity index (χ1v) is 4.42. The highest BCUT2D eigenvalue weighted by Crippen LogP contribution is 2.44. The van der Waals surface area contributed by atoms with Gasteiger partial charge in [-0.25, -0.2) is 8.78 Å². The number of hydrogen-bond donors (Lipinski definition) is 1. The van der Waals surface area contributed by atoms with Gasteiger partial charge in [0.2, 0.25) is 0 Å². The van der Waals surface area contributed by atoms with Gasteiger partial charge in [-0.05, 0) is 12.1 Å². The van der Waals surface area contributed by atoms with E-state index in [-0.39, 0.29) is 11.3 Å². The van der Waals surface area contributed by atoms with E-state index in [1.54, 1.807) is 0 Å². The van der Waals surface area contributed by atoms with Crippen LogP contribution < -0.4 is 0 Å². The van der Waals surface area contributed by atoms with Crippen molar-refractivity contribution in [2.75, 3.05) is 0 Å². The lowest BCUT2D eigenvalue weighted by molar-refractivity contribution is -0.104. The van der Waals surface area contributed by atoms with E-state index >= 15 is 0 Å². The first-order chi connectivity index (χ1) is 6.25. The lowest BCUT2D eigenvalue weighted by atomic mass is 9.83. The number of benzene rings is 1. The van der Waals surface area contributed by atoms with E-state index in [0.29, 0.717) is 0 Å². The summed E-state index contributed by atoms with van der Waals surface area (Å²) in [6, 6.07) is 5.22. The number of phenolic OH excluding ortho intramolecular Hbond substituents is 1. The Morgan fingerprint density at radius 3 is 2.14 bits per heavy atom. The molecular formula is C11H14F2O. The van der Waals surface area contributed by atoms with Gasteiger partial charge in [-0.1, -0.05) is 32.9 Å². The maximum Gasteiger partial charge on any atom is 0.278 e. The summed E-state index contributed by atoms with van der Waals surface area (Å²) in [7, 11) is 0. The molecule has 0 fully saturated rings. The molecule has 1 N–H and O–H groups in total. The number of hydrogen-bond acceptors (Lipinski definition) is 1. The van der Waals surface area contributed by atoms with Gasteiger partial charge < -0.3 is 5.11 Å². The predicted octanol–water partition coefficient (Wildman–Crippen LogP) is 3.53. The van der Waals surface area contributed by atoms with Crippen LogP contribution >= 0.6 is 0 Å². The molecule has 0 aliphatic carbocycles. The maximum atomic E-state index is 13.7. The highest BCUT2D eigenvalue weighted by molar-refractivity contribution is 5.31. The Morgan fingerprint density at radius 1 is 1.14 bits per heavy atom. The predicted molar refractivity (Wildman–Crippen MR) is 51.5 cm³/mol. The van der Waals surface area contributed by atoms with Gasteiger partial charge in [0.15, 0.2) is 0 Å². The van der Waals surface area contributed by atoms with Gasteiger partial charge in [0.05, 0.1) is 0 Å². The number of halogens is 2. The van der Waals surface area contributed by atoms with E-state index in [0.717, 1.165) is 6.07 Å². The summed E-state index contributed by atoms with van der Waals surface area (Å²) >= 11 is 0. The minimum Gasteiger partial charge on any atom is -0.508 e. The fourth-order valence-electron chi connectivity index (χ4n) is 1.13. The molecule has 1 aromatic rings. The smallest absolute Gasteiger partial charge is 0.278 e. The molecule has 0 aromatic heterocycles. The number of alkyl halides is 2. The van der Waals surface area contributed by atoms with E-state index in [1.165, 1.54) is 39.0 Å². The van der Waals surface area contributed by atoms with Crippen molar-refractivity contribution in [3.63, 3.8) is 0 Å². The van der Waals surface area contributed by atoms with E-state index in [4.69, 9.17) is 5.11 Å². The Labute approximate surface area is 82.4 Å². The zero-order valence-corrected chi connectivity index (χ0v) is 8.51. The monoisotopic (exact) mass is 200 g/mol. The molecule has 1 aromatic carbocycles. The molecule has 0 saturated heterocycles. The lowest BCUT2D eigenvalue weighted by Gasteiger charge is -2.30. The zero-order valence-electron chi connectivity index (χ0n) is 8.51.